The molecule has 0 saturated heterocycles. The third kappa shape index (κ3) is 5.77. The lowest BCUT2D eigenvalue weighted by Crippen LogP contribution is -2.24. The Balaban J connectivity index is 1.53. The molecule has 0 saturated carbocycles. The van der Waals surface area contributed by atoms with Crippen molar-refractivity contribution >= 4 is 17.7 Å². The Hall–Kier alpha value is -2.79. The number of anilines is 1. The minimum Gasteiger partial charge on any atom is -0.491 e. The molecule has 2 aliphatic rings. The fraction of sp³-hybridized carbons (Fsp3) is 0.464. The Bertz CT molecular complexity index is 980. The second kappa shape index (κ2) is 11.4. The van der Waals surface area contributed by atoms with Crippen LogP contribution in [0.4, 0.5) is 5.69 Å². The largest absolute Gasteiger partial charge is 0.491 e. The van der Waals surface area contributed by atoms with E-state index in [1.54, 1.807) is 0 Å². The van der Waals surface area contributed by atoms with Crippen molar-refractivity contribution in [2.45, 2.75) is 46.0 Å². The minimum atomic E-state index is -0.191. The molecule has 0 aliphatic carbocycles. The molecular weight excluding hydrogens is 414 g/mol. The highest BCUT2D eigenvalue weighted by Crippen LogP contribution is 2.39. The second-order valence-electron chi connectivity index (χ2n) is 8.64. The number of benzene rings is 2. The van der Waals surface area contributed by atoms with Crippen LogP contribution >= 0.6 is 0 Å². The van der Waals surface area contributed by atoms with Gasteiger partial charge in [0, 0.05) is 31.0 Å². The molecule has 2 aromatic carbocycles. The molecule has 176 valence electrons. The fourth-order valence-electron chi connectivity index (χ4n) is 4.58. The van der Waals surface area contributed by atoms with Gasteiger partial charge in [0.15, 0.2) is 0 Å². The standard InChI is InChI=1S/C28H35NO4/c1-3-5-15-31-16-17-33-26-10-8-21(9-11-26)24-18-22-12-14-29-13-6-7-23(28(30)32-4-2)19-25(20-24)27(22)29/h8-11,18-20H,3-7,12-17H2,1-2H3. The van der Waals surface area contributed by atoms with Crippen molar-refractivity contribution in [2.24, 2.45) is 0 Å². The van der Waals surface area contributed by atoms with Gasteiger partial charge in [0.05, 0.1) is 13.2 Å². The molecule has 5 nitrogen and oxygen atoms in total. The SMILES string of the molecule is CCCCOCCOc1ccc(-c2cc3c4c(c2)CCN4CCCC(C(=O)OCC)=C3)cc1. The maximum Gasteiger partial charge on any atom is 0.334 e. The molecule has 0 N–H and O–H groups in total. The van der Waals surface area contributed by atoms with Crippen molar-refractivity contribution in [2.75, 3.05) is 44.4 Å². The highest BCUT2D eigenvalue weighted by Gasteiger charge is 2.25. The van der Waals surface area contributed by atoms with Gasteiger partial charge in [0.2, 0.25) is 0 Å². The predicted molar refractivity (Wildman–Crippen MR) is 133 cm³/mol. The van der Waals surface area contributed by atoms with Crippen molar-refractivity contribution < 1.29 is 19.0 Å². The summed E-state index contributed by atoms with van der Waals surface area (Å²) in [7, 11) is 0. The molecule has 5 heteroatoms. The van der Waals surface area contributed by atoms with Gasteiger partial charge in [-0.1, -0.05) is 25.5 Å². The average molecular weight is 450 g/mol. The van der Waals surface area contributed by atoms with Crippen LogP contribution in [0, 0.1) is 0 Å². The number of hydrogen-bond acceptors (Lipinski definition) is 5. The number of hydrogen-bond donors (Lipinski definition) is 0. The third-order valence-electron chi connectivity index (χ3n) is 6.25. The summed E-state index contributed by atoms with van der Waals surface area (Å²) in [5.41, 5.74) is 6.84. The van der Waals surface area contributed by atoms with E-state index in [0.717, 1.165) is 74.3 Å². The monoisotopic (exact) mass is 449 g/mol. The van der Waals surface area contributed by atoms with Crippen molar-refractivity contribution in [3.05, 3.63) is 53.1 Å². The zero-order valence-electron chi connectivity index (χ0n) is 19.9. The average Bonchev–Trinajstić information content (AvgIpc) is 3.22. The number of esters is 1. The quantitative estimate of drug-likeness (QED) is 0.346. The zero-order chi connectivity index (χ0) is 23.0. The van der Waals surface area contributed by atoms with E-state index in [1.165, 1.54) is 16.8 Å². The van der Waals surface area contributed by atoms with E-state index in [1.807, 2.05) is 25.1 Å². The number of nitrogens with zero attached hydrogens (tertiary/aromatic N) is 1. The Morgan fingerprint density at radius 2 is 1.82 bits per heavy atom. The van der Waals surface area contributed by atoms with Crippen molar-refractivity contribution in [1.29, 1.82) is 0 Å². The Morgan fingerprint density at radius 3 is 2.61 bits per heavy atom. The molecule has 0 radical (unpaired) electrons. The van der Waals surface area contributed by atoms with Crippen molar-refractivity contribution in [3.63, 3.8) is 0 Å². The van der Waals surface area contributed by atoms with Gasteiger partial charge in [-0.05, 0) is 85.2 Å². The molecule has 0 spiro atoms. The lowest BCUT2D eigenvalue weighted by Gasteiger charge is -2.24. The van der Waals surface area contributed by atoms with Gasteiger partial charge < -0.3 is 19.1 Å². The number of carbonyl (C=O) groups excluding carboxylic acids is 1. The Kier molecular flexibility index (Phi) is 8.05. The summed E-state index contributed by atoms with van der Waals surface area (Å²) in [6.45, 7) is 8.40. The molecule has 0 bridgehead atoms. The summed E-state index contributed by atoms with van der Waals surface area (Å²) in [5, 5.41) is 0. The molecule has 4 rings (SSSR count). The lowest BCUT2D eigenvalue weighted by molar-refractivity contribution is -0.138. The number of unbranched alkanes of at least 4 members (excludes halogenated alkanes) is 1. The molecule has 0 aromatic heterocycles. The van der Waals surface area contributed by atoms with Crippen molar-refractivity contribution in [1.82, 2.24) is 0 Å². The Morgan fingerprint density at radius 1 is 0.970 bits per heavy atom. The Labute approximate surface area is 197 Å². The first-order chi connectivity index (χ1) is 16.2. The smallest absolute Gasteiger partial charge is 0.334 e. The maximum absolute atomic E-state index is 12.5. The van der Waals surface area contributed by atoms with E-state index in [0.29, 0.717) is 19.8 Å². The van der Waals surface area contributed by atoms with Gasteiger partial charge >= 0.3 is 5.97 Å². The molecule has 0 atom stereocenters. The summed E-state index contributed by atoms with van der Waals surface area (Å²) >= 11 is 0. The third-order valence-corrected chi connectivity index (χ3v) is 6.25. The van der Waals surface area contributed by atoms with Crippen molar-refractivity contribution in [3.8, 4) is 16.9 Å². The summed E-state index contributed by atoms with van der Waals surface area (Å²) in [6.07, 6.45) is 7.04. The van der Waals surface area contributed by atoms with Crippen LogP contribution in [0.1, 0.15) is 50.7 Å². The zero-order valence-corrected chi connectivity index (χ0v) is 19.9. The van der Waals surface area contributed by atoms with E-state index < -0.39 is 0 Å². The molecule has 2 heterocycles. The second-order valence-corrected chi connectivity index (χ2v) is 8.64. The van der Waals surface area contributed by atoms with Crippen LogP contribution in [0.2, 0.25) is 0 Å². The van der Waals surface area contributed by atoms with E-state index >= 15 is 0 Å². The highest BCUT2D eigenvalue weighted by atomic mass is 16.5. The van der Waals surface area contributed by atoms with Crippen LogP contribution in [0.3, 0.4) is 0 Å². The first-order valence-electron chi connectivity index (χ1n) is 12.3. The molecule has 33 heavy (non-hydrogen) atoms. The van der Waals surface area contributed by atoms with E-state index in [-0.39, 0.29) is 5.97 Å². The summed E-state index contributed by atoms with van der Waals surface area (Å²) in [6, 6.07) is 12.8. The molecule has 2 aromatic rings. The highest BCUT2D eigenvalue weighted by molar-refractivity contribution is 5.96. The van der Waals surface area contributed by atoms with Crippen LogP contribution in [0.15, 0.2) is 42.0 Å². The summed E-state index contributed by atoms with van der Waals surface area (Å²) in [5.74, 6) is 0.660. The van der Waals surface area contributed by atoms with Crippen LogP contribution in [-0.2, 0) is 20.7 Å². The number of rotatable bonds is 10. The molecular formula is C28H35NO4. The predicted octanol–water partition coefficient (Wildman–Crippen LogP) is 5.65. The number of ether oxygens (including phenoxy) is 3. The first-order valence-corrected chi connectivity index (χ1v) is 12.3. The number of carbonyl (C=O) groups is 1. The topological polar surface area (TPSA) is 48.0 Å². The summed E-state index contributed by atoms with van der Waals surface area (Å²) in [4.78, 5) is 14.9. The van der Waals surface area contributed by atoms with E-state index in [4.69, 9.17) is 14.2 Å². The van der Waals surface area contributed by atoms with Gasteiger partial charge in [-0.15, -0.1) is 0 Å². The van der Waals surface area contributed by atoms with Gasteiger partial charge in [0.25, 0.3) is 0 Å². The van der Waals surface area contributed by atoms with Crippen LogP contribution in [0.5, 0.6) is 5.75 Å². The molecule has 0 fully saturated rings. The maximum atomic E-state index is 12.5. The fourth-order valence-corrected chi connectivity index (χ4v) is 4.58. The van der Waals surface area contributed by atoms with Gasteiger partial charge in [-0.2, -0.15) is 0 Å². The normalized spacial score (nSPS) is 14.8. The molecule has 0 amide bonds. The van der Waals surface area contributed by atoms with Gasteiger partial charge in [-0.3, -0.25) is 0 Å². The first kappa shape index (κ1) is 23.4. The molecule has 2 aliphatic heterocycles. The van der Waals surface area contributed by atoms with E-state index in [2.05, 4.69) is 36.1 Å². The van der Waals surface area contributed by atoms with Crippen LogP contribution in [0.25, 0.3) is 17.2 Å². The minimum absolute atomic E-state index is 0.191. The van der Waals surface area contributed by atoms with E-state index in [9.17, 15) is 4.79 Å². The van der Waals surface area contributed by atoms with Crippen LogP contribution in [-0.4, -0.2) is 45.5 Å². The molecule has 0 unspecified atom stereocenters. The lowest BCUT2D eigenvalue weighted by atomic mass is 9.95. The summed E-state index contributed by atoms with van der Waals surface area (Å²) < 4.78 is 16.7. The van der Waals surface area contributed by atoms with Crippen LogP contribution < -0.4 is 9.64 Å². The van der Waals surface area contributed by atoms with Gasteiger partial charge in [-0.25, -0.2) is 4.79 Å². The van der Waals surface area contributed by atoms with Gasteiger partial charge in [0.1, 0.15) is 12.4 Å².